The SMILES string of the molecule is Cc1cc(C)c(C#N)c(S[C@H](C(=O)NC(N)=O)C(C)C)n1. The van der Waals surface area contributed by atoms with E-state index in [0.717, 1.165) is 11.3 Å². The van der Waals surface area contributed by atoms with Crippen molar-refractivity contribution in [3.8, 4) is 6.07 Å². The molecule has 3 amide bonds. The summed E-state index contributed by atoms with van der Waals surface area (Å²) in [6, 6.07) is 3.04. The number of hydrogen-bond acceptors (Lipinski definition) is 5. The van der Waals surface area contributed by atoms with Crippen molar-refractivity contribution in [2.24, 2.45) is 11.7 Å². The molecule has 0 fully saturated rings. The van der Waals surface area contributed by atoms with Gasteiger partial charge in [0.1, 0.15) is 11.1 Å². The maximum atomic E-state index is 12.0. The van der Waals surface area contributed by atoms with Crippen LogP contribution in [0.4, 0.5) is 4.79 Å². The molecular weight excluding hydrogens is 288 g/mol. The second-order valence-electron chi connectivity index (χ2n) is 5.01. The van der Waals surface area contributed by atoms with E-state index in [2.05, 4.69) is 16.4 Å². The number of nitrogens with zero attached hydrogens (tertiary/aromatic N) is 2. The molecule has 1 atom stereocenters. The molecule has 0 aliphatic heterocycles. The summed E-state index contributed by atoms with van der Waals surface area (Å²) in [5.74, 6) is -0.532. The molecule has 1 aromatic rings. The number of aromatic nitrogens is 1. The Morgan fingerprint density at radius 2 is 2.05 bits per heavy atom. The molecule has 0 aliphatic rings. The number of primary amides is 1. The molecule has 112 valence electrons. The van der Waals surface area contributed by atoms with Crippen LogP contribution in [0.1, 0.15) is 30.7 Å². The number of carbonyl (C=O) groups excluding carboxylic acids is 2. The van der Waals surface area contributed by atoms with Gasteiger partial charge in [-0.05, 0) is 31.4 Å². The largest absolute Gasteiger partial charge is 0.351 e. The molecule has 1 heterocycles. The molecular formula is C14H18N4O2S. The molecule has 3 N–H and O–H groups in total. The zero-order chi connectivity index (χ0) is 16.2. The fourth-order valence-corrected chi connectivity index (χ4v) is 3.03. The molecule has 0 aromatic carbocycles. The normalized spacial score (nSPS) is 11.8. The second kappa shape index (κ2) is 7.09. The van der Waals surface area contributed by atoms with E-state index in [0.29, 0.717) is 10.6 Å². The van der Waals surface area contributed by atoms with Crippen molar-refractivity contribution >= 4 is 23.7 Å². The van der Waals surface area contributed by atoms with Crippen molar-refractivity contribution in [2.75, 3.05) is 0 Å². The van der Waals surface area contributed by atoms with Gasteiger partial charge in [0.15, 0.2) is 0 Å². The maximum Gasteiger partial charge on any atom is 0.318 e. The topological polar surface area (TPSA) is 109 Å². The number of imide groups is 1. The minimum absolute atomic E-state index is 0.0523. The Morgan fingerprint density at radius 3 is 2.52 bits per heavy atom. The first-order valence-corrected chi connectivity index (χ1v) is 7.29. The van der Waals surface area contributed by atoms with E-state index in [1.807, 2.05) is 33.8 Å². The average molecular weight is 306 g/mol. The van der Waals surface area contributed by atoms with E-state index in [1.54, 1.807) is 0 Å². The van der Waals surface area contributed by atoms with Gasteiger partial charge in [-0.2, -0.15) is 5.26 Å². The van der Waals surface area contributed by atoms with Gasteiger partial charge in [-0.15, -0.1) is 0 Å². The summed E-state index contributed by atoms with van der Waals surface area (Å²) < 4.78 is 0. The second-order valence-corrected chi connectivity index (χ2v) is 6.14. The van der Waals surface area contributed by atoms with Crippen LogP contribution in [0.5, 0.6) is 0 Å². The average Bonchev–Trinajstić information content (AvgIpc) is 2.33. The van der Waals surface area contributed by atoms with Crippen LogP contribution in [0.15, 0.2) is 11.1 Å². The van der Waals surface area contributed by atoms with E-state index in [-0.39, 0.29) is 5.92 Å². The summed E-state index contributed by atoms with van der Waals surface area (Å²) in [5.41, 5.74) is 7.01. The van der Waals surface area contributed by atoms with E-state index < -0.39 is 17.2 Å². The maximum absolute atomic E-state index is 12.0. The number of pyridine rings is 1. The first-order valence-electron chi connectivity index (χ1n) is 6.41. The zero-order valence-electron chi connectivity index (χ0n) is 12.4. The minimum atomic E-state index is -0.889. The third kappa shape index (κ3) is 4.46. The van der Waals surface area contributed by atoms with Gasteiger partial charge in [-0.1, -0.05) is 25.6 Å². The van der Waals surface area contributed by atoms with Crippen LogP contribution in [0.25, 0.3) is 0 Å². The number of carbonyl (C=O) groups is 2. The number of amides is 3. The van der Waals surface area contributed by atoms with Gasteiger partial charge >= 0.3 is 6.03 Å². The van der Waals surface area contributed by atoms with Crippen molar-refractivity contribution in [1.82, 2.24) is 10.3 Å². The molecule has 0 radical (unpaired) electrons. The molecule has 6 nitrogen and oxygen atoms in total. The van der Waals surface area contributed by atoms with Crippen LogP contribution in [-0.2, 0) is 4.79 Å². The molecule has 7 heteroatoms. The van der Waals surface area contributed by atoms with Crippen molar-refractivity contribution < 1.29 is 9.59 Å². The molecule has 1 rings (SSSR count). The van der Waals surface area contributed by atoms with Crippen LogP contribution in [-0.4, -0.2) is 22.2 Å². The molecule has 0 saturated heterocycles. The number of hydrogen-bond donors (Lipinski definition) is 2. The van der Waals surface area contributed by atoms with Gasteiger partial charge in [0, 0.05) is 5.69 Å². The lowest BCUT2D eigenvalue weighted by Gasteiger charge is -2.19. The lowest BCUT2D eigenvalue weighted by Crippen LogP contribution is -2.42. The summed E-state index contributed by atoms with van der Waals surface area (Å²) in [5, 5.41) is 11.3. The van der Waals surface area contributed by atoms with E-state index in [9.17, 15) is 14.9 Å². The predicted molar refractivity (Wildman–Crippen MR) is 80.6 cm³/mol. The van der Waals surface area contributed by atoms with Gasteiger partial charge in [-0.3, -0.25) is 10.1 Å². The van der Waals surface area contributed by atoms with Crippen molar-refractivity contribution in [3.63, 3.8) is 0 Å². The van der Waals surface area contributed by atoms with E-state index in [4.69, 9.17) is 5.73 Å². The smallest absolute Gasteiger partial charge is 0.318 e. The zero-order valence-corrected chi connectivity index (χ0v) is 13.2. The molecule has 0 saturated carbocycles. The van der Waals surface area contributed by atoms with Crippen LogP contribution in [0.2, 0.25) is 0 Å². The summed E-state index contributed by atoms with van der Waals surface area (Å²) in [6.07, 6.45) is 0. The number of rotatable bonds is 4. The fourth-order valence-electron chi connectivity index (χ4n) is 1.83. The van der Waals surface area contributed by atoms with Gasteiger partial charge < -0.3 is 5.73 Å². The molecule has 0 bridgehead atoms. The summed E-state index contributed by atoms with van der Waals surface area (Å²) >= 11 is 1.17. The summed E-state index contributed by atoms with van der Waals surface area (Å²) in [6.45, 7) is 7.36. The Morgan fingerprint density at radius 1 is 1.43 bits per heavy atom. The van der Waals surface area contributed by atoms with Crippen LogP contribution < -0.4 is 11.1 Å². The molecule has 0 unspecified atom stereocenters. The quantitative estimate of drug-likeness (QED) is 0.825. The number of aryl methyl sites for hydroxylation is 2. The van der Waals surface area contributed by atoms with Crippen LogP contribution >= 0.6 is 11.8 Å². The highest BCUT2D eigenvalue weighted by atomic mass is 32.2. The Kier molecular flexibility index (Phi) is 5.73. The number of urea groups is 1. The third-order valence-electron chi connectivity index (χ3n) is 2.77. The van der Waals surface area contributed by atoms with Gasteiger partial charge in [0.2, 0.25) is 5.91 Å². The molecule has 0 aliphatic carbocycles. The number of thioether (sulfide) groups is 1. The Labute approximate surface area is 128 Å². The lowest BCUT2D eigenvalue weighted by atomic mass is 10.1. The van der Waals surface area contributed by atoms with Gasteiger partial charge in [0.05, 0.1) is 10.8 Å². The molecule has 21 heavy (non-hydrogen) atoms. The third-order valence-corrected chi connectivity index (χ3v) is 4.30. The lowest BCUT2D eigenvalue weighted by molar-refractivity contribution is -0.120. The van der Waals surface area contributed by atoms with Crippen molar-refractivity contribution in [3.05, 3.63) is 22.9 Å². The Bertz CT molecular complexity index is 608. The number of nitrogens with one attached hydrogen (secondary N) is 1. The van der Waals surface area contributed by atoms with Crippen LogP contribution in [0, 0.1) is 31.1 Å². The highest BCUT2D eigenvalue weighted by Crippen LogP contribution is 2.31. The Hall–Kier alpha value is -2.07. The predicted octanol–water partition coefficient (Wildman–Crippen LogP) is 1.88. The number of nitriles is 1. The first kappa shape index (κ1) is 17.0. The van der Waals surface area contributed by atoms with Crippen molar-refractivity contribution in [1.29, 1.82) is 5.26 Å². The first-order chi connectivity index (χ1) is 9.76. The minimum Gasteiger partial charge on any atom is -0.351 e. The van der Waals surface area contributed by atoms with E-state index >= 15 is 0 Å². The Balaban J connectivity index is 3.14. The van der Waals surface area contributed by atoms with Gasteiger partial charge in [-0.25, -0.2) is 9.78 Å². The van der Waals surface area contributed by atoms with E-state index in [1.165, 1.54) is 11.8 Å². The monoisotopic (exact) mass is 306 g/mol. The van der Waals surface area contributed by atoms with Gasteiger partial charge in [0.25, 0.3) is 0 Å². The molecule has 0 spiro atoms. The standard InChI is InChI=1S/C14H18N4O2S/c1-7(2)11(12(19)18-14(16)20)21-13-10(6-15)8(3)5-9(4)17-13/h5,7,11H,1-4H3,(H3,16,18,19,20)/t11-/m0/s1. The highest BCUT2D eigenvalue weighted by Gasteiger charge is 2.26. The molecule has 1 aromatic heterocycles. The van der Waals surface area contributed by atoms with Crippen LogP contribution in [0.3, 0.4) is 0 Å². The van der Waals surface area contributed by atoms with Crippen molar-refractivity contribution in [2.45, 2.75) is 38.0 Å². The summed E-state index contributed by atoms with van der Waals surface area (Å²) in [7, 11) is 0. The highest BCUT2D eigenvalue weighted by molar-refractivity contribution is 8.00. The number of nitrogens with two attached hydrogens (primary N) is 1. The summed E-state index contributed by atoms with van der Waals surface area (Å²) in [4.78, 5) is 27.2. The fraction of sp³-hybridized carbons (Fsp3) is 0.429.